The molecule has 0 bridgehead atoms. The summed E-state index contributed by atoms with van der Waals surface area (Å²) in [7, 11) is 3.51. The number of methoxy groups -OCH3 is 1. The molecule has 5 heteroatoms. The molecule has 1 aromatic rings. The number of nitrogens with one attached hydrogen (secondary N) is 2. The first-order chi connectivity index (χ1) is 8.67. The van der Waals surface area contributed by atoms with Gasteiger partial charge in [-0.3, -0.25) is 4.79 Å². The van der Waals surface area contributed by atoms with E-state index in [4.69, 9.17) is 4.74 Å². The van der Waals surface area contributed by atoms with Gasteiger partial charge in [0.1, 0.15) is 5.75 Å². The number of carbonyl (C=O) groups excluding carboxylic acids is 1. The number of benzene rings is 1. The summed E-state index contributed by atoms with van der Waals surface area (Å²) < 4.78 is 6.22. The van der Waals surface area contributed by atoms with Gasteiger partial charge in [0, 0.05) is 23.0 Å². The summed E-state index contributed by atoms with van der Waals surface area (Å²) >= 11 is 3.41. The highest BCUT2D eigenvalue weighted by atomic mass is 79.9. The van der Waals surface area contributed by atoms with Crippen molar-refractivity contribution < 1.29 is 9.53 Å². The Bertz CT molecular complexity index is 397. The second kappa shape index (κ2) is 8.11. The lowest BCUT2D eigenvalue weighted by Crippen LogP contribution is -2.23. The zero-order valence-electron chi connectivity index (χ0n) is 10.8. The lowest BCUT2D eigenvalue weighted by molar-refractivity contribution is -0.121. The van der Waals surface area contributed by atoms with Gasteiger partial charge in [-0.1, -0.05) is 15.9 Å². The molecule has 0 saturated carbocycles. The number of hydrogen-bond acceptors (Lipinski definition) is 3. The van der Waals surface area contributed by atoms with Crippen molar-refractivity contribution in [2.24, 2.45) is 0 Å². The van der Waals surface area contributed by atoms with E-state index in [-0.39, 0.29) is 5.91 Å². The van der Waals surface area contributed by atoms with Gasteiger partial charge in [0.25, 0.3) is 0 Å². The standard InChI is InChI=1S/C13H19BrN2O2/c1-15-7-3-4-13(17)16-9-10-8-11(14)5-6-12(10)18-2/h5-6,8,15H,3-4,7,9H2,1-2H3,(H,16,17). The monoisotopic (exact) mass is 314 g/mol. The quantitative estimate of drug-likeness (QED) is 0.758. The maximum atomic E-state index is 11.6. The van der Waals surface area contributed by atoms with Crippen molar-refractivity contribution in [1.29, 1.82) is 0 Å². The Labute approximate surface area is 116 Å². The maximum Gasteiger partial charge on any atom is 0.220 e. The molecule has 0 unspecified atom stereocenters. The van der Waals surface area contributed by atoms with E-state index in [0.29, 0.717) is 13.0 Å². The number of ether oxygens (including phenoxy) is 1. The Kier molecular flexibility index (Phi) is 6.75. The van der Waals surface area contributed by atoms with Crippen molar-refractivity contribution in [2.75, 3.05) is 20.7 Å². The highest BCUT2D eigenvalue weighted by Crippen LogP contribution is 2.22. The summed E-state index contributed by atoms with van der Waals surface area (Å²) in [4.78, 5) is 11.6. The molecule has 1 amide bonds. The highest BCUT2D eigenvalue weighted by molar-refractivity contribution is 9.10. The minimum Gasteiger partial charge on any atom is -0.496 e. The molecule has 0 atom stereocenters. The molecule has 0 fully saturated rings. The molecule has 100 valence electrons. The molecule has 0 aliphatic rings. The van der Waals surface area contributed by atoms with Crippen LogP contribution in [0, 0.1) is 0 Å². The van der Waals surface area contributed by atoms with Crippen molar-refractivity contribution in [1.82, 2.24) is 10.6 Å². The molecule has 0 heterocycles. The maximum absolute atomic E-state index is 11.6. The van der Waals surface area contributed by atoms with Crippen molar-refractivity contribution >= 4 is 21.8 Å². The van der Waals surface area contributed by atoms with Crippen LogP contribution in [0.3, 0.4) is 0 Å². The number of carbonyl (C=O) groups is 1. The molecule has 18 heavy (non-hydrogen) atoms. The van der Waals surface area contributed by atoms with Gasteiger partial charge in [-0.2, -0.15) is 0 Å². The second-order valence-corrected chi connectivity index (χ2v) is 4.86. The molecule has 0 aliphatic heterocycles. The van der Waals surface area contributed by atoms with Gasteiger partial charge in [-0.15, -0.1) is 0 Å². The molecule has 0 saturated heterocycles. The topological polar surface area (TPSA) is 50.4 Å². The van der Waals surface area contributed by atoms with E-state index >= 15 is 0 Å². The average Bonchev–Trinajstić information content (AvgIpc) is 2.37. The number of amides is 1. The molecular weight excluding hydrogens is 296 g/mol. The fourth-order valence-corrected chi connectivity index (χ4v) is 2.00. The van der Waals surface area contributed by atoms with E-state index < -0.39 is 0 Å². The van der Waals surface area contributed by atoms with Gasteiger partial charge in [-0.05, 0) is 38.2 Å². The third-order valence-electron chi connectivity index (χ3n) is 2.55. The van der Waals surface area contributed by atoms with Gasteiger partial charge in [0.2, 0.25) is 5.91 Å². The zero-order valence-corrected chi connectivity index (χ0v) is 12.3. The van der Waals surface area contributed by atoms with Crippen LogP contribution in [0.4, 0.5) is 0 Å². The summed E-state index contributed by atoms with van der Waals surface area (Å²) in [6, 6.07) is 5.75. The molecule has 0 spiro atoms. The Hall–Kier alpha value is -1.07. The Morgan fingerprint density at radius 1 is 1.44 bits per heavy atom. The van der Waals surface area contributed by atoms with Gasteiger partial charge in [0.05, 0.1) is 7.11 Å². The van der Waals surface area contributed by atoms with E-state index in [1.54, 1.807) is 7.11 Å². The molecule has 2 N–H and O–H groups in total. The molecule has 0 aromatic heterocycles. The van der Waals surface area contributed by atoms with Crippen LogP contribution in [0.1, 0.15) is 18.4 Å². The van der Waals surface area contributed by atoms with Crippen LogP contribution < -0.4 is 15.4 Å². The third kappa shape index (κ3) is 5.06. The predicted molar refractivity (Wildman–Crippen MR) is 75.7 cm³/mol. The largest absolute Gasteiger partial charge is 0.496 e. The van der Waals surface area contributed by atoms with Crippen LogP contribution in [-0.2, 0) is 11.3 Å². The normalized spacial score (nSPS) is 10.2. The Morgan fingerprint density at radius 3 is 2.89 bits per heavy atom. The predicted octanol–water partition coefficient (Wildman–Crippen LogP) is 2.07. The number of rotatable bonds is 7. The smallest absolute Gasteiger partial charge is 0.220 e. The first-order valence-electron chi connectivity index (χ1n) is 5.91. The second-order valence-electron chi connectivity index (χ2n) is 3.94. The highest BCUT2D eigenvalue weighted by Gasteiger charge is 2.06. The molecule has 0 aliphatic carbocycles. The van der Waals surface area contributed by atoms with Crippen LogP contribution >= 0.6 is 15.9 Å². The van der Waals surface area contributed by atoms with Crippen LogP contribution in [0.5, 0.6) is 5.75 Å². The van der Waals surface area contributed by atoms with E-state index in [2.05, 4.69) is 26.6 Å². The van der Waals surface area contributed by atoms with Crippen LogP contribution in [-0.4, -0.2) is 26.6 Å². The summed E-state index contributed by atoms with van der Waals surface area (Å²) in [5.74, 6) is 0.848. The minimum atomic E-state index is 0.0623. The van der Waals surface area contributed by atoms with Crippen LogP contribution in [0.25, 0.3) is 0 Å². The molecular formula is C13H19BrN2O2. The zero-order chi connectivity index (χ0) is 13.4. The molecule has 1 aromatic carbocycles. The van der Waals surface area contributed by atoms with E-state index in [1.807, 2.05) is 25.2 Å². The van der Waals surface area contributed by atoms with Gasteiger partial charge >= 0.3 is 0 Å². The molecule has 4 nitrogen and oxygen atoms in total. The van der Waals surface area contributed by atoms with E-state index in [9.17, 15) is 4.79 Å². The van der Waals surface area contributed by atoms with E-state index in [0.717, 1.165) is 28.8 Å². The molecule has 1 rings (SSSR count). The van der Waals surface area contributed by atoms with Crippen molar-refractivity contribution in [3.63, 3.8) is 0 Å². The summed E-state index contributed by atoms with van der Waals surface area (Å²) in [6.45, 7) is 1.34. The van der Waals surface area contributed by atoms with Gasteiger partial charge in [-0.25, -0.2) is 0 Å². The average molecular weight is 315 g/mol. The summed E-state index contributed by atoms with van der Waals surface area (Å²) in [6.07, 6.45) is 1.38. The van der Waals surface area contributed by atoms with Crippen molar-refractivity contribution in [3.05, 3.63) is 28.2 Å². The summed E-state index contributed by atoms with van der Waals surface area (Å²) in [5.41, 5.74) is 0.967. The van der Waals surface area contributed by atoms with E-state index in [1.165, 1.54) is 0 Å². The lowest BCUT2D eigenvalue weighted by Gasteiger charge is -2.10. The van der Waals surface area contributed by atoms with Crippen LogP contribution in [0.2, 0.25) is 0 Å². The third-order valence-corrected chi connectivity index (χ3v) is 3.04. The minimum absolute atomic E-state index is 0.0623. The van der Waals surface area contributed by atoms with Crippen LogP contribution in [0.15, 0.2) is 22.7 Å². The SMILES string of the molecule is CNCCCC(=O)NCc1cc(Br)ccc1OC. The summed E-state index contributed by atoms with van der Waals surface area (Å²) in [5, 5.41) is 5.91. The first kappa shape index (κ1) is 15.0. The number of halogens is 1. The van der Waals surface area contributed by atoms with Gasteiger partial charge < -0.3 is 15.4 Å². The van der Waals surface area contributed by atoms with Gasteiger partial charge in [0.15, 0.2) is 0 Å². The molecule has 0 radical (unpaired) electrons. The first-order valence-corrected chi connectivity index (χ1v) is 6.70. The fourth-order valence-electron chi connectivity index (χ4n) is 1.59. The van der Waals surface area contributed by atoms with Crippen molar-refractivity contribution in [3.8, 4) is 5.75 Å². The van der Waals surface area contributed by atoms with Crippen molar-refractivity contribution in [2.45, 2.75) is 19.4 Å². The Balaban J connectivity index is 2.47. The fraction of sp³-hybridized carbons (Fsp3) is 0.462. The Morgan fingerprint density at radius 2 is 2.22 bits per heavy atom. The lowest BCUT2D eigenvalue weighted by atomic mass is 10.2. The number of hydrogen-bond donors (Lipinski definition) is 2.